The van der Waals surface area contributed by atoms with E-state index in [2.05, 4.69) is 0 Å². The van der Waals surface area contributed by atoms with Crippen LogP contribution in [0, 0.1) is 6.92 Å². The Morgan fingerprint density at radius 3 is 2.58 bits per heavy atom. The predicted molar refractivity (Wildman–Crippen MR) is 131 cm³/mol. The summed E-state index contributed by atoms with van der Waals surface area (Å²) in [7, 11) is 0. The second-order valence-electron chi connectivity index (χ2n) is 7.31. The van der Waals surface area contributed by atoms with Crippen molar-refractivity contribution >= 4 is 58.2 Å². The number of imide groups is 1. The molecule has 1 heterocycles. The molecule has 3 aromatic carbocycles. The van der Waals surface area contributed by atoms with Gasteiger partial charge >= 0.3 is 5.97 Å². The van der Waals surface area contributed by atoms with Crippen LogP contribution in [-0.4, -0.2) is 22.0 Å². The summed E-state index contributed by atoms with van der Waals surface area (Å²) in [5, 5.41) is 0.275. The van der Waals surface area contributed by atoms with Gasteiger partial charge in [-0.15, -0.1) is 0 Å². The first kappa shape index (κ1) is 23.1. The maximum atomic E-state index is 13.0. The number of thioether (sulfide) groups is 1. The van der Waals surface area contributed by atoms with Crippen LogP contribution in [0.4, 0.5) is 4.79 Å². The average Bonchev–Trinajstić information content (AvgIpc) is 3.03. The molecule has 33 heavy (non-hydrogen) atoms. The summed E-state index contributed by atoms with van der Waals surface area (Å²) in [5.74, 6) is -0.880. The molecule has 1 saturated heterocycles. The van der Waals surface area contributed by atoms with Crippen molar-refractivity contribution in [3.05, 3.63) is 104 Å². The Labute approximate surface area is 204 Å². The van der Waals surface area contributed by atoms with E-state index in [1.165, 1.54) is 17.0 Å². The van der Waals surface area contributed by atoms with Crippen LogP contribution in [0.2, 0.25) is 10.0 Å². The van der Waals surface area contributed by atoms with Gasteiger partial charge in [0.05, 0.1) is 22.0 Å². The lowest BCUT2D eigenvalue weighted by Crippen LogP contribution is -2.27. The summed E-state index contributed by atoms with van der Waals surface area (Å²) in [4.78, 5) is 39.5. The van der Waals surface area contributed by atoms with Crippen LogP contribution >= 0.6 is 35.0 Å². The Balaban J connectivity index is 1.60. The summed E-state index contributed by atoms with van der Waals surface area (Å²) < 4.78 is 5.53. The van der Waals surface area contributed by atoms with Crippen molar-refractivity contribution in [1.82, 2.24) is 4.90 Å². The number of amides is 2. The van der Waals surface area contributed by atoms with Crippen molar-refractivity contribution in [3.63, 3.8) is 0 Å². The lowest BCUT2D eigenvalue weighted by atomic mass is 10.1. The van der Waals surface area contributed by atoms with E-state index in [0.717, 1.165) is 22.9 Å². The van der Waals surface area contributed by atoms with E-state index in [9.17, 15) is 14.4 Å². The lowest BCUT2D eigenvalue weighted by Gasteiger charge is -2.13. The minimum atomic E-state index is -0.648. The number of halogens is 2. The maximum Gasteiger partial charge on any atom is 0.345 e. The molecule has 2 amide bonds. The highest BCUT2D eigenvalue weighted by Crippen LogP contribution is 2.36. The molecule has 0 N–H and O–H groups in total. The van der Waals surface area contributed by atoms with Crippen molar-refractivity contribution in [2.24, 2.45) is 0 Å². The van der Waals surface area contributed by atoms with Gasteiger partial charge in [-0.1, -0.05) is 65.2 Å². The Morgan fingerprint density at radius 2 is 1.82 bits per heavy atom. The molecule has 0 spiro atoms. The fourth-order valence-corrected chi connectivity index (χ4v) is 4.50. The smallest absolute Gasteiger partial charge is 0.345 e. The second kappa shape index (κ2) is 9.83. The third-order valence-electron chi connectivity index (χ3n) is 4.85. The highest BCUT2D eigenvalue weighted by molar-refractivity contribution is 8.18. The highest BCUT2D eigenvalue weighted by Gasteiger charge is 2.35. The van der Waals surface area contributed by atoms with Crippen LogP contribution in [0.3, 0.4) is 0 Å². The largest absolute Gasteiger partial charge is 0.422 e. The zero-order valence-electron chi connectivity index (χ0n) is 17.4. The van der Waals surface area contributed by atoms with Crippen molar-refractivity contribution < 1.29 is 19.1 Å². The molecule has 5 nitrogen and oxygen atoms in total. The van der Waals surface area contributed by atoms with Crippen molar-refractivity contribution in [1.29, 1.82) is 0 Å². The topological polar surface area (TPSA) is 63.7 Å². The number of carbonyl (C=O) groups excluding carboxylic acids is 3. The third-order valence-corrected chi connectivity index (χ3v) is 6.32. The Kier molecular flexibility index (Phi) is 6.88. The van der Waals surface area contributed by atoms with Crippen molar-refractivity contribution in [2.75, 3.05) is 0 Å². The maximum absolute atomic E-state index is 13.0. The molecule has 0 atom stereocenters. The molecule has 166 valence electrons. The van der Waals surface area contributed by atoms with E-state index in [1.807, 2.05) is 31.2 Å². The number of esters is 1. The van der Waals surface area contributed by atoms with E-state index in [4.69, 9.17) is 27.9 Å². The number of carbonyl (C=O) groups is 3. The van der Waals surface area contributed by atoms with Crippen LogP contribution in [0.5, 0.6) is 5.75 Å². The van der Waals surface area contributed by atoms with E-state index in [0.29, 0.717) is 10.6 Å². The summed E-state index contributed by atoms with van der Waals surface area (Å²) in [6, 6.07) is 18.8. The van der Waals surface area contributed by atoms with Gasteiger partial charge in [0.2, 0.25) is 0 Å². The fraction of sp³-hybridized carbons (Fsp3) is 0.0800. The lowest BCUT2D eigenvalue weighted by molar-refractivity contribution is -0.123. The molecule has 0 unspecified atom stereocenters. The molecule has 8 heteroatoms. The Bertz CT molecular complexity index is 1310. The number of benzene rings is 3. The second-order valence-corrected chi connectivity index (χ2v) is 9.15. The van der Waals surface area contributed by atoms with Crippen LogP contribution in [0.25, 0.3) is 6.08 Å². The molecule has 0 bridgehead atoms. The minimum absolute atomic E-state index is 0.174. The molecule has 1 fully saturated rings. The van der Waals surface area contributed by atoms with Gasteiger partial charge in [0, 0.05) is 10.6 Å². The van der Waals surface area contributed by atoms with Gasteiger partial charge in [-0.3, -0.25) is 14.5 Å². The first-order valence-electron chi connectivity index (χ1n) is 9.89. The quantitative estimate of drug-likeness (QED) is 0.221. The van der Waals surface area contributed by atoms with E-state index >= 15 is 0 Å². The van der Waals surface area contributed by atoms with Gasteiger partial charge < -0.3 is 4.74 Å². The van der Waals surface area contributed by atoms with Gasteiger partial charge in [0.15, 0.2) is 0 Å². The molecular formula is C25H17Cl2NO4S. The molecule has 0 saturated carbocycles. The molecule has 1 aliphatic rings. The molecule has 4 rings (SSSR count). The molecular weight excluding hydrogens is 481 g/mol. The minimum Gasteiger partial charge on any atom is -0.422 e. The van der Waals surface area contributed by atoms with Gasteiger partial charge in [-0.05, 0) is 60.7 Å². The molecule has 0 aromatic heterocycles. The van der Waals surface area contributed by atoms with E-state index in [1.54, 1.807) is 36.4 Å². The number of hydrogen-bond donors (Lipinski definition) is 0. The first-order chi connectivity index (χ1) is 15.8. The summed E-state index contributed by atoms with van der Waals surface area (Å²) in [6.07, 6.45) is 1.50. The number of nitrogens with zero attached hydrogens (tertiary/aromatic N) is 1. The number of rotatable bonds is 5. The number of aryl methyl sites for hydroxylation is 1. The standard InChI is InChI=1S/C25H17Cl2NO4S/c1-15-5-4-6-16(11-15)14-28-23(29)22(33-25(28)31)13-17-12-18(26)9-10-21(17)32-24(30)19-7-2-3-8-20(19)27/h2-13H,14H2,1H3/b22-13-. The predicted octanol–water partition coefficient (Wildman–Crippen LogP) is 6.76. The number of ether oxygens (including phenoxy) is 1. The van der Waals surface area contributed by atoms with Crippen LogP contribution in [0.1, 0.15) is 27.0 Å². The molecule has 1 aliphatic heterocycles. The summed E-state index contributed by atoms with van der Waals surface area (Å²) in [6.45, 7) is 2.12. The first-order valence-corrected chi connectivity index (χ1v) is 11.5. The Morgan fingerprint density at radius 1 is 1.03 bits per heavy atom. The zero-order valence-corrected chi connectivity index (χ0v) is 19.7. The van der Waals surface area contributed by atoms with Gasteiger partial charge in [0.1, 0.15) is 5.75 Å². The molecule has 0 aliphatic carbocycles. The van der Waals surface area contributed by atoms with Gasteiger partial charge in [-0.2, -0.15) is 0 Å². The van der Waals surface area contributed by atoms with E-state index < -0.39 is 11.9 Å². The highest BCUT2D eigenvalue weighted by atomic mass is 35.5. The SMILES string of the molecule is Cc1cccc(CN2C(=O)S/C(=C\c3cc(Cl)ccc3OC(=O)c3ccccc3Cl)C2=O)c1. The zero-order chi connectivity index (χ0) is 23.5. The van der Waals surface area contributed by atoms with Crippen LogP contribution in [-0.2, 0) is 11.3 Å². The third kappa shape index (κ3) is 5.30. The van der Waals surface area contributed by atoms with E-state index in [-0.39, 0.29) is 33.0 Å². The number of hydrogen-bond acceptors (Lipinski definition) is 5. The van der Waals surface area contributed by atoms with Crippen molar-refractivity contribution in [2.45, 2.75) is 13.5 Å². The molecule has 0 radical (unpaired) electrons. The fourth-order valence-electron chi connectivity index (χ4n) is 3.28. The van der Waals surface area contributed by atoms with Gasteiger partial charge in [0.25, 0.3) is 11.1 Å². The Hall–Kier alpha value is -3.06. The summed E-state index contributed by atoms with van der Waals surface area (Å²) in [5.41, 5.74) is 2.50. The molecule has 3 aromatic rings. The van der Waals surface area contributed by atoms with Crippen LogP contribution < -0.4 is 4.74 Å². The normalized spacial score (nSPS) is 14.8. The monoisotopic (exact) mass is 497 g/mol. The average molecular weight is 498 g/mol. The van der Waals surface area contributed by atoms with Gasteiger partial charge in [-0.25, -0.2) is 4.79 Å². The summed E-state index contributed by atoms with van der Waals surface area (Å²) >= 11 is 13.1. The van der Waals surface area contributed by atoms with Crippen LogP contribution in [0.15, 0.2) is 71.6 Å². The van der Waals surface area contributed by atoms with Crippen molar-refractivity contribution in [3.8, 4) is 5.75 Å².